The molecule has 0 saturated heterocycles. The number of nitro benzene ring substituents is 1. The molecule has 1 amide bonds. The van der Waals surface area contributed by atoms with Gasteiger partial charge in [-0.15, -0.1) is 0 Å². The summed E-state index contributed by atoms with van der Waals surface area (Å²) in [7, 11) is 0. The van der Waals surface area contributed by atoms with Crippen LogP contribution in [-0.2, 0) is 11.2 Å². The smallest absolute Gasteiger partial charge is 0.274 e. The van der Waals surface area contributed by atoms with Gasteiger partial charge in [-0.2, -0.15) is 0 Å². The monoisotopic (exact) mass is 302 g/mol. The van der Waals surface area contributed by atoms with Crippen molar-refractivity contribution in [3.63, 3.8) is 0 Å². The zero-order valence-electron chi connectivity index (χ0n) is 12.0. The van der Waals surface area contributed by atoms with E-state index in [0.29, 0.717) is 17.7 Å². The number of halogens is 1. The molecule has 2 rings (SSSR count). The van der Waals surface area contributed by atoms with Gasteiger partial charge in [-0.25, -0.2) is 4.39 Å². The number of hydrogen-bond donors (Lipinski definition) is 1. The van der Waals surface area contributed by atoms with Crippen LogP contribution < -0.4 is 5.32 Å². The molecule has 0 atom stereocenters. The van der Waals surface area contributed by atoms with Crippen molar-refractivity contribution in [2.24, 2.45) is 0 Å². The van der Waals surface area contributed by atoms with Crippen molar-refractivity contribution in [2.45, 2.75) is 19.8 Å². The molecule has 0 aliphatic carbocycles. The van der Waals surface area contributed by atoms with Crippen molar-refractivity contribution in [3.05, 3.63) is 69.5 Å². The number of benzene rings is 2. The second-order valence-corrected chi connectivity index (χ2v) is 4.88. The molecule has 0 unspecified atom stereocenters. The SMILES string of the molecule is Cc1c(NC(=O)CCc2ccc(F)cc2)cccc1[N+](=O)[O-]. The molecule has 0 heterocycles. The molecule has 0 aliphatic rings. The highest BCUT2D eigenvalue weighted by Gasteiger charge is 2.14. The van der Waals surface area contributed by atoms with Crippen LogP contribution in [0, 0.1) is 22.9 Å². The Morgan fingerprint density at radius 1 is 1.23 bits per heavy atom. The molecule has 0 aliphatic heterocycles. The van der Waals surface area contributed by atoms with Gasteiger partial charge in [0.15, 0.2) is 0 Å². The largest absolute Gasteiger partial charge is 0.326 e. The van der Waals surface area contributed by atoms with Gasteiger partial charge in [0.2, 0.25) is 5.91 Å². The summed E-state index contributed by atoms with van der Waals surface area (Å²) in [6.45, 7) is 1.59. The number of anilines is 1. The minimum absolute atomic E-state index is 0.0312. The fourth-order valence-electron chi connectivity index (χ4n) is 2.08. The Morgan fingerprint density at radius 3 is 2.55 bits per heavy atom. The molecule has 0 saturated carbocycles. The number of nitrogens with zero attached hydrogens (tertiary/aromatic N) is 1. The molecule has 0 aromatic heterocycles. The summed E-state index contributed by atoms with van der Waals surface area (Å²) in [5.74, 6) is -0.562. The molecule has 114 valence electrons. The molecular formula is C16H15FN2O3. The first-order valence-electron chi connectivity index (χ1n) is 6.75. The van der Waals surface area contributed by atoms with Gasteiger partial charge >= 0.3 is 0 Å². The second kappa shape index (κ2) is 6.80. The summed E-state index contributed by atoms with van der Waals surface area (Å²) in [5, 5.41) is 13.5. The van der Waals surface area contributed by atoms with E-state index in [4.69, 9.17) is 0 Å². The van der Waals surface area contributed by atoms with E-state index in [1.165, 1.54) is 24.3 Å². The average Bonchev–Trinajstić information content (AvgIpc) is 2.48. The Bertz CT molecular complexity index is 699. The highest BCUT2D eigenvalue weighted by Crippen LogP contribution is 2.25. The molecule has 22 heavy (non-hydrogen) atoms. The Morgan fingerprint density at radius 2 is 1.91 bits per heavy atom. The van der Waals surface area contributed by atoms with Crippen LogP contribution in [0.1, 0.15) is 17.5 Å². The first-order chi connectivity index (χ1) is 10.5. The van der Waals surface area contributed by atoms with Gasteiger partial charge in [-0.1, -0.05) is 18.2 Å². The van der Waals surface area contributed by atoms with Gasteiger partial charge < -0.3 is 5.32 Å². The van der Waals surface area contributed by atoms with Crippen LogP contribution in [0.25, 0.3) is 0 Å². The van der Waals surface area contributed by atoms with E-state index in [2.05, 4.69) is 5.32 Å². The van der Waals surface area contributed by atoms with Crippen LogP contribution in [0.3, 0.4) is 0 Å². The highest BCUT2D eigenvalue weighted by molar-refractivity contribution is 5.92. The molecule has 2 aromatic carbocycles. The lowest BCUT2D eigenvalue weighted by Gasteiger charge is -2.08. The number of carbonyl (C=O) groups is 1. The summed E-state index contributed by atoms with van der Waals surface area (Å²) in [5.41, 5.74) is 1.67. The van der Waals surface area contributed by atoms with Crippen molar-refractivity contribution >= 4 is 17.3 Å². The number of nitrogens with one attached hydrogen (secondary N) is 1. The zero-order valence-corrected chi connectivity index (χ0v) is 12.0. The highest BCUT2D eigenvalue weighted by atomic mass is 19.1. The fraction of sp³-hybridized carbons (Fsp3) is 0.188. The van der Waals surface area contributed by atoms with E-state index in [9.17, 15) is 19.3 Å². The van der Waals surface area contributed by atoms with Gasteiger partial charge in [0.1, 0.15) is 5.82 Å². The summed E-state index contributed by atoms with van der Waals surface area (Å²) in [6, 6.07) is 10.5. The van der Waals surface area contributed by atoms with Crippen molar-refractivity contribution < 1.29 is 14.1 Å². The Labute approximate surface area is 126 Å². The summed E-state index contributed by atoms with van der Waals surface area (Å²) < 4.78 is 12.8. The van der Waals surface area contributed by atoms with E-state index in [0.717, 1.165) is 5.56 Å². The minimum Gasteiger partial charge on any atom is -0.326 e. The molecule has 5 nitrogen and oxygen atoms in total. The molecule has 2 aromatic rings. The Kier molecular flexibility index (Phi) is 4.83. The topological polar surface area (TPSA) is 72.2 Å². The van der Waals surface area contributed by atoms with E-state index >= 15 is 0 Å². The lowest BCUT2D eigenvalue weighted by Crippen LogP contribution is -2.13. The lowest BCUT2D eigenvalue weighted by atomic mass is 10.1. The van der Waals surface area contributed by atoms with E-state index in [1.807, 2.05) is 0 Å². The number of amides is 1. The normalized spacial score (nSPS) is 10.3. The van der Waals surface area contributed by atoms with Crippen LogP contribution in [-0.4, -0.2) is 10.8 Å². The van der Waals surface area contributed by atoms with Crippen molar-refractivity contribution in [1.82, 2.24) is 0 Å². The van der Waals surface area contributed by atoms with E-state index in [-0.39, 0.29) is 23.8 Å². The van der Waals surface area contributed by atoms with Crippen LogP contribution in [0.15, 0.2) is 42.5 Å². The fourth-order valence-corrected chi connectivity index (χ4v) is 2.08. The molecule has 0 fully saturated rings. The number of nitro groups is 1. The third kappa shape index (κ3) is 3.88. The van der Waals surface area contributed by atoms with Crippen LogP contribution in [0.2, 0.25) is 0 Å². The maximum atomic E-state index is 12.8. The van der Waals surface area contributed by atoms with Crippen LogP contribution in [0.5, 0.6) is 0 Å². The molecule has 6 heteroatoms. The predicted molar refractivity (Wildman–Crippen MR) is 81.2 cm³/mol. The standard InChI is InChI=1S/C16H15FN2O3/c1-11-14(3-2-4-15(11)19(21)22)18-16(20)10-7-12-5-8-13(17)9-6-12/h2-6,8-9H,7,10H2,1H3,(H,18,20). The number of hydrogen-bond acceptors (Lipinski definition) is 3. The minimum atomic E-state index is -0.483. The summed E-state index contributed by atoms with van der Waals surface area (Å²) >= 11 is 0. The summed E-state index contributed by atoms with van der Waals surface area (Å²) in [4.78, 5) is 22.3. The van der Waals surface area contributed by atoms with Gasteiger partial charge in [0.25, 0.3) is 5.69 Å². The third-order valence-electron chi connectivity index (χ3n) is 3.33. The zero-order chi connectivity index (χ0) is 16.1. The number of rotatable bonds is 5. The second-order valence-electron chi connectivity index (χ2n) is 4.88. The molecule has 0 radical (unpaired) electrons. The third-order valence-corrected chi connectivity index (χ3v) is 3.33. The average molecular weight is 302 g/mol. The van der Waals surface area contributed by atoms with Crippen LogP contribution in [0.4, 0.5) is 15.8 Å². The van der Waals surface area contributed by atoms with Crippen molar-refractivity contribution in [3.8, 4) is 0 Å². The molecular weight excluding hydrogens is 287 g/mol. The maximum Gasteiger partial charge on any atom is 0.274 e. The van der Waals surface area contributed by atoms with Gasteiger partial charge in [0, 0.05) is 12.5 Å². The van der Waals surface area contributed by atoms with Gasteiger partial charge in [-0.3, -0.25) is 14.9 Å². The lowest BCUT2D eigenvalue weighted by molar-refractivity contribution is -0.385. The summed E-state index contributed by atoms with van der Waals surface area (Å²) in [6.07, 6.45) is 0.688. The Hall–Kier alpha value is -2.76. The maximum absolute atomic E-state index is 12.8. The van der Waals surface area contributed by atoms with Crippen molar-refractivity contribution in [2.75, 3.05) is 5.32 Å². The van der Waals surface area contributed by atoms with E-state index < -0.39 is 4.92 Å². The molecule has 0 bridgehead atoms. The first-order valence-corrected chi connectivity index (χ1v) is 6.75. The first kappa shape index (κ1) is 15.6. The molecule has 1 N–H and O–H groups in total. The van der Waals surface area contributed by atoms with Gasteiger partial charge in [0.05, 0.1) is 16.2 Å². The van der Waals surface area contributed by atoms with Crippen molar-refractivity contribution in [1.29, 1.82) is 0 Å². The van der Waals surface area contributed by atoms with E-state index in [1.54, 1.807) is 25.1 Å². The molecule has 0 spiro atoms. The van der Waals surface area contributed by atoms with Gasteiger partial charge in [-0.05, 0) is 37.1 Å². The predicted octanol–water partition coefficient (Wildman–Crippen LogP) is 3.61. The number of aryl methyl sites for hydroxylation is 1. The quantitative estimate of drug-likeness (QED) is 0.677. The number of carbonyl (C=O) groups excluding carboxylic acids is 1. The van der Waals surface area contributed by atoms with Crippen LogP contribution >= 0.6 is 0 Å². The Balaban J connectivity index is 1.99.